The van der Waals surface area contributed by atoms with Crippen molar-refractivity contribution < 1.29 is 5.48 Å². The zero-order chi connectivity index (χ0) is 14.5. The molecule has 0 spiro atoms. The Morgan fingerprint density at radius 3 is 2.50 bits per heavy atom. The molecule has 0 atom stereocenters. The number of nitrogens with zero attached hydrogens (tertiary/aromatic N) is 1. The highest BCUT2D eigenvalue weighted by atomic mass is 16.0. The number of hydrogen-bond acceptors (Lipinski definition) is 2. The molecule has 0 radical (unpaired) electrons. The predicted molar refractivity (Wildman–Crippen MR) is 93.7 cm³/mol. The van der Waals surface area contributed by atoms with E-state index in [9.17, 15) is 0 Å². The highest BCUT2D eigenvalue weighted by molar-refractivity contribution is 5.93. The summed E-state index contributed by atoms with van der Waals surface area (Å²) in [5.41, 5.74) is 2.48. The number of unbranched alkanes of at least 4 members (excludes halogenated alkanes) is 1. The summed E-state index contributed by atoms with van der Waals surface area (Å²) in [7, 11) is 0. The van der Waals surface area contributed by atoms with Gasteiger partial charge in [-0.15, -0.1) is 0 Å². The number of pyridine rings is 1. The van der Waals surface area contributed by atoms with Crippen molar-refractivity contribution in [3.63, 3.8) is 0 Å². The van der Waals surface area contributed by atoms with E-state index in [1.54, 1.807) is 0 Å². The van der Waals surface area contributed by atoms with Crippen molar-refractivity contribution in [2.75, 3.05) is 5.32 Å². The maximum Gasteiger partial charge on any atom is 0.138 e. The second-order valence-electron chi connectivity index (χ2n) is 5.31. The molecular weight excluding hydrogens is 272 g/mol. The van der Waals surface area contributed by atoms with Gasteiger partial charge in [-0.3, -0.25) is 0 Å². The number of benzene rings is 2. The Kier molecular flexibility index (Phi) is 5.50. The third-order valence-corrected chi connectivity index (χ3v) is 3.71. The fraction of sp³-hybridized carbons (Fsp3) is 0.211. The number of rotatable bonds is 5. The van der Waals surface area contributed by atoms with Crippen molar-refractivity contribution in [2.45, 2.75) is 26.2 Å². The van der Waals surface area contributed by atoms with Crippen LogP contribution in [0, 0.1) is 0 Å². The lowest BCUT2D eigenvalue weighted by molar-refractivity contribution is 0.795. The molecule has 0 unspecified atom stereocenters. The van der Waals surface area contributed by atoms with Crippen molar-refractivity contribution in [3.8, 4) is 0 Å². The van der Waals surface area contributed by atoms with E-state index in [2.05, 4.69) is 59.7 Å². The number of aromatic nitrogens is 1. The van der Waals surface area contributed by atoms with Gasteiger partial charge in [0.2, 0.25) is 0 Å². The lowest BCUT2D eigenvalue weighted by Crippen LogP contribution is -1.95. The van der Waals surface area contributed by atoms with Crippen LogP contribution in [0.5, 0.6) is 0 Å². The van der Waals surface area contributed by atoms with Gasteiger partial charge in [-0.05, 0) is 42.0 Å². The molecule has 3 heteroatoms. The molecule has 3 nitrogen and oxygen atoms in total. The van der Waals surface area contributed by atoms with Gasteiger partial charge >= 0.3 is 0 Å². The van der Waals surface area contributed by atoms with Crippen LogP contribution in [0.2, 0.25) is 0 Å². The van der Waals surface area contributed by atoms with Gasteiger partial charge in [-0.2, -0.15) is 0 Å². The average molecular weight is 294 g/mol. The largest absolute Gasteiger partial charge is 0.412 e. The number of anilines is 2. The molecule has 0 aliphatic heterocycles. The molecule has 3 aromatic rings. The smallest absolute Gasteiger partial charge is 0.138 e. The zero-order valence-corrected chi connectivity index (χ0v) is 12.8. The highest BCUT2D eigenvalue weighted by Gasteiger charge is 2.02. The fourth-order valence-electron chi connectivity index (χ4n) is 2.49. The molecule has 1 heterocycles. The van der Waals surface area contributed by atoms with Gasteiger partial charge in [0.25, 0.3) is 0 Å². The highest BCUT2D eigenvalue weighted by Crippen LogP contribution is 2.24. The summed E-state index contributed by atoms with van der Waals surface area (Å²) in [6, 6.07) is 19.0. The minimum Gasteiger partial charge on any atom is -0.412 e. The first-order chi connectivity index (χ1) is 10.4. The zero-order valence-electron chi connectivity index (χ0n) is 12.8. The first kappa shape index (κ1) is 16.0. The van der Waals surface area contributed by atoms with E-state index in [4.69, 9.17) is 0 Å². The maximum atomic E-state index is 4.46. The lowest BCUT2D eigenvalue weighted by atomic mass is 10.1. The predicted octanol–water partition coefficient (Wildman–Crippen LogP) is 4.50. The van der Waals surface area contributed by atoms with Crippen LogP contribution < -0.4 is 5.32 Å². The van der Waals surface area contributed by atoms with Crippen LogP contribution in [0.15, 0.2) is 60.8 Å². The Hall–Kier alpha value is -2.39. The van der Waals surface area contributed by atoms with Crippen molar-refractivity contribution >= 4 is 22.3 Å². The van der Waals surface area contributed by atoms with Crippen LogP contribution in [-0.4, -0.2) is 10.5 Å². The number of hydrogen-bond donors (Lipinski definition) is 1. The van der Waals surface area contributed by atoms with Crippen LogP contribution in [0.25, 0.3) is 10.8 Å². The average Bonchev–Trinajstić information content (AvgIpc) is 2.55. The third kappa shape index (κ3) is 3.62. The first-order valence-electron chi connectivity index (χ1n) is 7.56. The van der Waals surface area contributed by atoms with Gasteiger partial charge in [0.15, 0.2) is 0 Å². The van der Waals surface area contributed by atoms with Gasteiger partial charge in [0.05, 0.1) is 0 Å². The molecule has 0 aliphatic carbocycles. The van der Waals surface area contributed by atoms with Crippen LogP contribution in [0.4, 0.5) is 11.5 Å². The van der Waals surface area contributed by atoms with Crippen LogP contribution in [0.1, 0.15) is 25.3 Å². The van der Waals surface area contributed by atoms with Gasteiger partial charge < -0.3 is 10.8 Å². The van der Waals surface area contributed by atoms with Crippen molar-refractivity contribution in [2.24, 2.45) is 0 Å². The molecule has 22 heavy (non-hydrogen) atoms. The second-order valence-corrected chi connectivity index (χ2v) is 5.31. The molecule has 0 saturated carbocycles. The van der Waals surface area contributed by atoms with Gasteiger partial charge in [-0.1, -0.05) is 49.7 Å². The Bertz CT molecular complexity index is 718. The molecule has 3 rings (SSSR count). The van der Waals surface area contributed by atoms with Crippen molar-refractivity contribution in [3.05, 3.63) is 66.4 Å². The molecule has 2 aromatic carbocycles. The van der Waals surface area contributed by atoms with Crippen LogP contribution in [-0.2, 0) is 6.42 Å². The van der Waals surface area contributed by atoms with Crippen molar-refractivity contribution in [1.29, 1.82) is 0 Å². The Morgan fingerprint density at radius 1 is 0.955 bits per heavy atom. The standard InChI is InChI=1S/C19H20N2.H2O/c1-2-3-6-15-9-11-17(12-10-15)21-19-18-8-5-4-7-16(18)13-14-20-19;/h4-5,7-14H,2-3,6H2,1H3,(H,20,21);1H2. The van der Waals surface area contributed by atoms with Gasteiger partial charge in [0, 0.05) is 17.3 Å². The van der Waals surface area contributed by atoms with Crippen LogP contribution >= 0.6 is 0 Å². The quantitative estimate of drug-likeness (QED) is 0.753. The van der Waals surface area contributed by atoms with Crippen molar-refractivity contribution in [1.82, 2.24) is 4.98 Å². The molecule has 3 N–H and O–H groups in total. The lowest BCUT2D eigenvalue weighted by Gasteiger charge is -2.09. The summed E-state index contributed by atoms with van der Waals surface area (Å²) in [5.74, 6) is 0.911. The minimum absolute atomic E-state index is 0. The topological polar surface area (TPSA) is 56.4 Å². The fourth-order valence-corrected chi connectivity index (χ4v) is 2.49. The SMILES string of the molecule is CCCCc1ccc(Nc2nccc3ccccc23)cc1.O. The minimum atomic E-state index is 0. The molecule has 0 amide bonds. The Balaban J connectivity index is 0.00000176. The van der Waals surface area contributed by atoms with E-state index in [0.717, 1.165) is 23.3 Å². The van der Waals surface area contributed by atoms with E-state index in [-0.39, 0.29) is 5.48 Å². The number of nitrogens with one attached hydrogen (secondary N) is 1. The number of aryl methyl sites for hydroxylation is 1. The maximum absolute atomic E-state index is 4.46. The third-order valence-electron chi connectivity index (χ3n) is 3.71. The van der Waals surface area contributed by atoms with Crippen LogP contribution in [0.3, 0.4) is 0 Å². The van der Waals surface area contributed by atoms with Gasteiger partial charge in [0.1, 0.15) is 5.82 Å². The van der Waals surface area contributed by atoms with Gasteiger partial charge in [-0.25, -0.2) is 4.98 Å². The summed E-state index contributed by atoms with van der Waals surface area (Å²) in [6.07, 6.45) is 5.49. The Labute approximate surface area is 131 Å². The van der Waals surface area contributed by atoms with E-state index in [1.165, 1.54) is 23.8 Å². The van der Waals surface area contributed by atoms with E-state index in [1.807, 2.05) is 18.3 Å². The molecular formula is C19H22N2O. The molecule has 0 bridgehead atoms. The van der Waals surface area contributed by atoms with E-state index < -0.39 is 0 Å². The monoisotopic (exact) mass is 294 g/mol. The summed E-state index contributed by atoms with van der Waals surface area (Å²) in [4.78, 5) is 4.46. The summed E-state index contributed by atoms with van der Waals surface area (Å²) in [5, 5.41) is 5.77. The number of fused-ring (bicyclic) bond motifs is 1. The Morgan fingerprint density at radius 2 is 1.73 bits per heavy atom. The molecule has 1 aromatic heterocycles. The van der Waals surface area contributed by atoms with E-state index >= 15 is 0 Å². The summed E-state index contributed by atoms with van der Waals surface area (Å²) < 4.78 is 0. The van der Waals surface area contributed by atoms with E-state index in [0.29, 0.717) is 0 Å². The summed E-state index contributed by atoms with van der Waals surface area (Å²) >= 11 is 0. The molecule has 0 aliphatic rings. The second kappa shape index (κ2) is 7.57. The normalized spacial score (nSPS) is 10.2. The first-order valence-corrected chi connectivity index (χ1v) is 7.56. The molecule has 114 valence electrons. The summed E-state index contributed by atoms with van der Waals surface area (Å²) in [6.45, 7) is 2.22. The molecule has 0 fully saturated rings. The molecule has 0 saturated heterocycles.